The summed E-state index contributed by atoms with van der Waals surface area (Å²) in [5, 5.41) is 0. The highest BCUT2D eigenvalue weighted by Crippen LogP contribution is 2.44. The van der Waals surface area contributed by atoms with Gasteiger partial charge in [-0.25, -0.2) is 0 Å². The van der Waals surface area contributed by atoms with E-state index >= 15 is 0 Å². The fourth-order valence-corrected chi connectivity index (χ4v) is 5.33. The molecule has 1 atom stereocenters. The molecule has 182 valence electrons. The van der Waals surface area contributed by atoms with E-state index in [9.17, 15) is 25.9 Å². The number of hydrogen-bond acceptors (Lipinski definition) is 5. The van der Waals surface area contributed by atoms with E-state index in [1.54, 1.807) is 12.3 Å². The first kappa shape index (κ1) is 26.0. The molecular formula is C24H29N2O6S2+. The number of hydrogen-bond donors (Lipinski definition) is 2. The Hall–Kier alpha value is -2.66. The third kappa shape index (κ3) is 6.06. The van der Waals surface area contributed by atoms with Crippen molar-refractivity contribution in [1.82, 2.24) is 0 Å². The summed E-state index contributed by atoms with van der Waals surface area (Å²) in [4.78, 5) is 4.19. The Kier molecular flexibility index (Phi) is 7.87. The normalized spacial score (nSPS) is 18.8. The fraction of sp³-hybridized carbons (Fsp3) is 0.333. The predicted molar refractivity (Wildman–Crippen MR) is 133 cm³/mol. The lowest BCUT2D eigenvalue weighted by atomic mass is 9.75. The lowest BCUT2D eigenvalue weighted by Crippen LogP contribution is -2.32. The predicted octanol–water partition coefficient (Wildman–Crippen LogP) is 4.33. The van der Waals surface area contributed by atoms with Crippen LogP contribution in [0.1, 0.15) is 38.7 Å². The van der Waals surface area contributed by atoms with Gasteiger partial charge in [0, 0.05) is 30.3 Å². The lowest BCUT2D eigenvalue weighted by molar-refractivity contribution is -0.433. The Morgan fingerprint density at radius 3 is 2.38 bits per heavy atom. The zero-order valence-electron chi connectivity index (χ0n) is 19.1. The van der Waals surface area contributed by atoms with Crippen LogP contribution in [0, 0.1) is 0 Å². The molecule has 0 fully saturated rings. The highest BCUT2D eigenvalue weighted by Gasteiger charge is 2.47. The molecule has 2 aromatic rings. The summed E-state index contributed by atoms with van der Waals surface area (Å²) in [6.45, 7) is 4.48. The van der Waals surface area contributed by atoms with Crippen LogP contribution < -0.4 is 0 Å². The second-order valence-electron chi connectivity index (χ2n) is 8.29. The Morgan fingerprint density at radius 2 is 1.76 bits per heavy atom. The molecule has 10 heteroatoms. The van der Waals surface area contributed by atoms with E-state index in [-0.39, 0.29) is 11.3 Å². The fourth-order valence-electron chi connectivity index (χ4n) is 4.32. The topological polar surface area (TPSA) is 124 Å². The van der Waals surface area contributed by atoms with E-state index in [1.807, 2.05) is 60.9 Å². The van der Waals surface area contributed by atoms with Crippen molar-refractivity contribution in [3.63, 3.8) is 0 Å². The van der Waals surface area contributed by atoms with Crippen LogP contribution in [0.3, 0.4) is 0 Å². The Labute approximate surface area is 200 Å². The number of allylic oxidation sites excluding steroid dienone is 2. The molecule has 2 aromatic carbocycles. The van der Waals surface area contributed by atoms with Gasteiger partial charge < -0.3 is 0 Å². The van der Waals surface area contributed by atoms with Crippen molar-refractivity contribution in [2.75, 3.05) is 12.3 Å². The van der Waals surface area contributed by atoms with Crippen LogP contribution in [-0.2, 0) is 25.7 Å². The molecule has 1 unspecified atom stereocenters. The molecule has 0 radical (unpaired) electrons. The molecule has 1 heterocycles. The Morgan fingerprint density at radius 1 is 1.06 bits per heavy atom. The summed E-state index contributed by atoms with van der Waals surface area (Å²) in [5.74, 6) is -0.400. The largest absolute Gasteiger partial charge is 0.294 e. The van der Waals surface area contributed by atoms with E-state index in [4.69, 9.17) is 0 Å². The molecule has 1 aliphatic rings. The first-order valence-corrected chi connectivity index (χ1v) is 14.0. The van der Waals surface area contributed by atoms with E-state index in [0.717, 1.165) is 17.1 Å². The number of nitrogens with zero attached hydrogens (tertiary/aromatic N) is 2. The van der Waals surface area contributed by atoms with Crippen LogP contribution in [0.2, 0.25) is 0 Å². The number of aliphatic imine (C=N–C) groups is 1. The maximum Gasteiger partial charge on any atom is 0.294 e. The highest BCUT2D eigenvalue weighted by atomic mass is 32.2. The van der Waals surface area contributed by atoms with Crippen LogP contribution in [0.5, 0.6) is 0 Å². The number of rotatable bonds is 10. The summed E-state index contributed by atoms with van der Waals surface area (Å²) in [5.41, 5.74) is 2.46. The smallest absolute Gasteiger partial charge is 0.286 e. The average molecular weight is 506 g/mol. The van der Waals surface area contributed by atoms with Gasteiger partial charge in [-0.05, 0) is 51.0 Å². The zero-order valence-corrected chi connectivity index (χ0v) is 20.8. The third-order valence-corrected chi connectivity index (χ3v) is 7.57. The van der Waals surface area contributed by atoms with Crippen molar-refractivity contribution in [3.8, 4) is 0 Å². The molecule has 2 N–H and O–H groups in total. The standard InChI is InChI=1S/C24H28N2O6S2/c1-3-26-22-14-13-20(34(30,31)32)18-21(22)24(2,15-9-17-33(27,28)29)23(26)12-7-8-16-25-19-10-5-4-6-11-19/h4-7,10-14,16,18H,3,8-9,15,17H2,1-2H3,(H-,27,28,29,30,31,32)/p+1. The van der Waals surface area contributed by atoms with Crippen LogP contribution >= 0.6 is 0 Å². The molecule has 0 amide bonds. The van der Waals surface area contributed by atoms with E-state index in [1.165, 1.54) is 12.1 Å². The highest BCUT2D eigenvalue weighted by molar-refractivity contribution is 7.86. The first-order chi connectivity index (χ1) is 16.0. The van der Waals surface area contributed by atoms with Gasteiger partial charge in [0.1, 0.15) is 6.54 Å². The van der Waals surface area contributed by atoms with Gasteiger partial charge in [-0.2, -0.15) is 21.4 Å². The molecule has 0 aliphatic carbocycles. The second kappa shape index (κ2) is 10.3. The minimum Gasteiger partial charge on any atom is -0.286 e. The van der Waals surface area contributed by atoms with E-state index in [2.05, 4.69) is 4.99 Å². The van der Waals surface area contributed by atoms with E-state index < -0.39 is 31.4 Å². The third-order valence-electron chi connectivity index (χ3n) is 5.92. The summed E-state index contributed by atoms with van der Waals surface area (Å²) in [6.07, 6.45) is 6.76. The lowest BCUT2D eigenvalue weighted by Gasteiger charge is -2.22. The molecule has 1 aliphatic heterocycles. The molecule has 0 spiro atoms. The van der Waals surface area contributed by atoms with E-state index in [0.29, 0.717) is 24.9 Å². The van der Waals surface area contributed by atoms with Gasteiger partial charge in [0.15, 0.2) is 5.71 Å². The summed E-state index contributed by atoms with van der Waals surface area (Å²) >= 11 is 0. The molecule has 34 heavy (non-hydrogen) atoms. The molecule has 0 saturated carbocycles. The second-order valence-corrected chi connectivity index (χ2v) is 11.3. The molecule has 0 saturated heterocycles. The summed E-state index contributed by atoms with van der Waals surface area (Å²) in [6, 6.07) is 14.0. The Bertz CT molecular complexity index is 1350. The molecule has 8 nitrogen and oxygen atoms in total. The van der Waals surface area contributed by atoms with Crippen molar-refractivity contribution in [2.45, 2.75) is 43.4 Å². The monoisotopic (exact) mass is 505 g/mol. The van der Waals surface area contributed by atoms with Gasteiger partial charge in [0.25, 0.3) is 20.2 Å². The van der Waals surface area contributed by atoms with Gasteiger partial charge in [-0.15, -0.1) is 0 Å². The van der Waals surface area contributed by atoms with Gasteiger partial charge in [-0.3, -0.25) is 14.1 Å². The Balaban J connectivity index is 1.96. The first-order valence-electron chi connectivity index (χ1n) is 10.9. The maximum absolute atomic E-state index is 11.8. The number of fused-ring (bicyclic) bond motifs is 1. The van der Waals surface area contributed by atoms with Gasteiger partial charge in [-0.1, -0.05) is 24.3 Å². The molecular weight excluding hydrogens is 476 g/mol. The maximum atomic E-state index is 11.8. The van der Waals surface area contributed by atoms with Crippen LogP contribution in [-0.4, -0.2) is 54.7 Å². The minimum atomic E-state index is -4.41. The van der Waals surface area contributed by atoms with Crippen molar-refractivity contribution in [2.24, 2.45) is 4.99 Å². The van der Waals surface area contributed by atoms with Crippen molar-refractivity contribution < 1.29 is 30.5 Å². The van der Waals surface area contributed by atoms with Crippen molar-refractivity contribution in [3.05, 3.63) is 66.2 Å². The minimum absolute atomic E-state index is 0.176. The van der Waals surface area contributed by atoms with Gasteiger partial charge in [0.2, 0.25) is 5.69 Å². The van der Waals surface area contributed by atoms with Crippen molar-refractivity contribution >= 4 is 43.5 Å². The van der Waals surface area contributed by atoms with Gasteiger partial charge >= 0.3 is 0 Å². The number of para-hydroxylation sites is 1. The number of benzene rings is 2. The molecule has 3 rings (SSSR count). The average Bonchev–Trinajstić information content (AvgIpc) is 3.00. The molecule has 0 aromatic heterocycles. The van der Waals surface area contributed by atoms with Gasteiger partial charge in [0.05, 0.1) is 21.8 Å². The van der Waals surface area contributed by atoms with Crippen LogP contribution in [0.15, 0.2) is 70.6 Å². The quantitative estimate of drug-likeness (QED) is 0.281. The summed E-state index contributed by atoms with van der Waals surface area (Å²) in [7, 11) is -8.54. The van der Waals surface area contributed by atoms with Crippen molar-refractivity contribution in [1.29, 1.82) is 0 Å². The van der Waals surface area contributed by atoms with Crippen LogP contribution in [0.4, 0.5) is 11.4 Å². The zero-order chi connectivity index (χ0) is 25.0. The molecule has 0 bridgehead atoms. The van der Waals surface area contributed by atoms with Crippen LogP contribution in [0.25, 0.3) is 0 Å². The summed E-state index contributed by atoms with van der Waals surface area (Å²) < 4.78 is 67.0. The SMILES string of the molecule is CC[N+]1=C(C=CCC=Nc2ccccc2)C(C)(CCCS(=O)(=O)O)c2cc(S(=O)(=O)O)ccc21.